The zero-order chi connectivity index (χ0) is 10.9. The maximum atomic E-state index is 14.3. The van der Waals surface area contributed by atoms with Gasteiger partial charge < -0.3 is 5.32 Å². The topological polar surface area (TPSA) is 12.0 Å². The Morgan fingerprint density at radius 2 is 1.80 bits per heavy atom. The summed E-state index contributed by atoms with van der Waals surface area (Å²) in [5.74, 6) is -2.04. The van der Waals surface area contributed by atoms with E-state index in [1.807, 2.05) is 0 Å². The number of hydrogen-bond donors (Lipinski definition) is 1. The lowest BCUT2D eigenvalue weighted by Gasteiger charge is -2.30. The second-order valence-electron chi connectivity index (χ2n) is 3.82. The maximum Gasteiger partial charge on any atom is 0.165 e. The van der Waals surface area contributed by atoms with Crippen molar-refractivity contribution >= 4 is 0 Å². The van der Waals surface area contributed by atoms with Crippen LogP contribution in [0.25, 0.3) is 0 Å². The minimum Gasteiger partial charge on any atom is -0.316 e. The van der Waals surface area contributed by atoms with Crippen molar-refractivity contribution in [2.75, 3.05) is 13.1 Å². The highest BCUT2D eigenvalue weighted by molar-refractivity contribution is 5.26. The molecule has 1 nitrogen and oxygen atoms in total. The van der Waals surface area contributed by atoms with Crippen LogP contribution in [0.3, 0.4) is 0 Å². The summed E-state index contributed by atoms with van der Waals surface area (Å²) in [6.07, 6.45) is 0.376. The molecule has 1 fully saturated rings. The van der Waals surface area contributed by atoms with E-state index in [1.165, 1.54) is 12.1 Å². The number of rotatable bonds is 1. The van der Waals surface area contributed by atoms with Gasteiger partial charge >= 0.3 is 0 Å². The third-order valence-electron chi connectivity index (χ3n) is 2.83. The predicted molar refractivity (Wildman–Crippen MR) is 51.2 cm³/mol. The molecule has 0 atom stereocenters. The quantitative estimate of drug-likeness (QED) is 0.759. The zero-order valence-corrected chi connectivity index (χ0v) is 8.19. The SMILES string of the molecule is Fc1cccc(C2(F)CCNCC2)c1F. The molecule has 1 aromatic carbocycles. The van der Waals surface area contributed by atoms with Gasteiger partial charge in [0.15, 0.2) is 11.6 Å². The van der Waals surface area contributed by atoms with E-state index < -0.39 is 17.3 Å². The molecule has 1 saturated heterocycles. The molecule has 0 amide bonds. The summed E-state index contributed by atoms with van der Waals surface area (Å²) in [6, 6.07) is 3.67. The van der Waals surface area contributed by atoms with E-state index in [0.717, 1.165) is 6.07 Å². The highest BCUT2D eigenvalue weighted by Gasteiger charge is 2.36. The lowest BCUT2D eigenvalue weighted by atomic mass is 9.86. The number of piperidine rings is 1. The monoisotopic (exact) mass is 215 g/mol. The van der Waals surface area contributed by atoms with Crippen LogP contribution in [0.5, 0.6) is 0 Å². The Morgan fingerprint density at radius 1 is 1.13 bits per heavy atom. The Labute approximate surface area is 86.3 Å². The molecule has 1 N–H and O–H groups in total. The van der Waals surface area contributed by atoms with Gasteiger partial charge in [-0.2, -0.15) is 0 Å². The van der Waals surface area contributed by atoms with Crippen LogP contribution in [0.4, 0.5) is 13.2 Å². The third-order valence-corrected chi connectivity index (χ3v) is 2.83. The normalized spacial score (nSPS) is 20.2. The van der Waals surface area contributed by atoms with Crippen LogP contribution in [0.2, 0.25) is 0 Å². The molecule has 2 rings (SSSR count). The zero-order valence-electron chi connectivity index (χ0n) is 8.19. The summed E-state index contributed by atoms with van der Waals surface area (Å²) in [5.41, 5.74) is -1.87. The van der Waals surface area contributed by atoms with E-state index in [2.05, 4.69) is 5.32 Å². The van der Waals surface area contributed by atoms with Gasteiger partial charge in [0.1, 0.15) is 5.67 Å². The Balaban J connectivity index is 2.39. The number of nitrogens with one attached hydrogen (secondary N) is 1. The molecule has 1 aliphatic heterocycles. The first-order chi connectivity index (χ1) is 7.13. The molecule has 0 spiro atoms. The fraction of sp³-hybridized carbons (Fsp3) is 0.455. The van der Waals surface area contributed by atoms with Gasteiger partial charge in [-0.3, -0.25) is 0 Å². The Morgan fingerprint density at radius 3 is 2.47 bits per heavy atom. The minimum absolute atomic E-state index is 0.149. The van der Waals surface area contributed by atoms with Crippen molar-refractivity contribution < 1.29 is 13.2 Å². The van der Waals surface area contributed by atoms with Gasteiger partial charge in [-0.05, 0) is 32.0 Å². The maximum absolute atomic E-state index is 14.3. The molecule has 0 unspecified atom stereocenters. The summed E-state index contributed by atoms with van der Waals surface area (Å²) in [4.78, 5) is 0. The molecule has 0 aliphatic carbocycles. The number of hydrogen-bond acceptors (Lipinski definition) is 1. The van der Waals surface area contributed by atoms with E-state index in [4.69, 9.17) is 0 Å². The predicted octanol–water partition coefficient (Wildman–Crippen LogP) is 2.51. The van der Waals surface area contributed by atoms with Crippen LogP contribution in [0.1, 0.15) is 18.4 Å². The molecule has 15 heavy (non-hydrogen) atoms. The smallest absolute Gasteiger partial charge is 0.165 e. The summed E-state index contributed by atoms with van der Waals surface area (Å²) < 4.78 is 40.6. The molecular formula is C11H12F3N. The summed E-state index contributed by atoms with van der Waals surface area (Å²) in [6.45, 7) is 0.985. The van der Waals surface area contributed by atoms with Gasteiger partial charge in [0, 0.05) is 5.56 Å². The summed E-state index contributed by atoms with van der Waals surface area (Å²) in [7, 11) is 0. The lowest BCUT2D eigenvalue weighted by molar-refractivity contribution is 0.109. The minimum atomic E-state index is -1.72. The van der Waals surface area contributed by atoms with Crippen molar-refractivity contribution in [1.29, 1.82) is 0 Å². The van der Waals surface area contributed by atoms with E-state index >= 15 is 0 Å². The molecule has 1 aromatic rings. The fourth-order valence-electron chi connectivity index (χ4n) is 1.94. The van der Waals surface area contributed by atoms with Gasteiger partial charge in [0.25, 0.3) is 0 Å². The Kier molecular flexibility index (Phi) is 2.69. The molecule has 1 aliphatic rings. The Bertz CT molecular complexity index is 359. The number of halogens is 3. The lowest BCUT2D eigenvalue weighted by Crippen LogP contribution is -2.37. The largest absolute Gasteiger partial charge is 0.316 e. The summed E-state index contributed by atoms with van der Waals surface area (Å²) >= 11 is 0. The number of benzene rings is 1. The molecule has 0 bridgehead atoms. The average Bonchev–Trinajstić information content (AvgIpc) is 2.23. The molecule has 0 radical (unpaired) electrons. The molecule has 0 aromatic heterocycles. The van der Waals surface area contributed by atoms with E-state index in [0.29, 0.717) is 13.1 Å². The molecule has 82 valence electrons. The van der Waals surface area contributed by atoms with E-state index in [-0.39, 0.29) is 18.4 Å². The molecule has 0 saturated carbocycles. The molecule has 1 heterocycles. The Hall–Kier alpha value is -1.03. The molecule has 4 heteroatoms. The average molecular weight is 215 g/mol. The number of alkyl halides is 1. The highest BCUT2D eigenvalue weighted by Crippen LogP contribution is 2.36. The van der Waals surface area contributed by atoms with E-state index in [9.17, 15) is 13.2 Å². The van der Waals surface area contributed by atoms with Crippen molar-refractivity contribution in [2.24, 2.45) is 0 Å². The molecular weight excluding hydrogens is 203 g/mol. The van der Waals surface area contributed by atoms with Crippen LogP contribution in [-0.2, 0) is 5.67 Å². The second-order valence-corrected chi connectivity index (χ2v) is 3.82. The van der Waals surface area contributed by atoms with Gasteiger partial charge in [0.05, 0.1) is 0 Å². The fourth-order valence-corrected chi connectivity index (χ4v) is 1.94. The standard InChI is InChI=1S/C11H12F3N/c12-9-3-1-2-8(10(9)13)11(14)4-6-15-7-5-11/h1-3,15H,4-7H2. The van der Waals surface area contributed by atoms with E-state index in [1.54, 1.807) is 0 Å². The van der Waals surface area contributed by atoms with Gasteiger partial charge in [-0.25, -0.2) is 13.2 Å². The van der Waals surface area contributed by atoms with Crippen LogP contribution in [0, 0.1) is 11.6 Å². The highest BCUT2D eigenvalue weighted by atomic mass is 19.2. The van der Waals surface area contributed by atoms with Crippen molar-refractivity contribution in [3.63, 3.8) is 0 Å². The van der Waals surface area contributed by atoms with Crippen LogP contribution in [0.15, 0.2) is 18.2 Å². The first-order valence-electron chi connectivity index (χ1n) is 4.98. The van der Waals surface area contributed by atoms with Gasteiger partial charge in [-0.1, -0.05) is 12.1 Å². The first kappa shape index (κ1) is 10.5. The van der Waals surface area contributed by atoms with Crippen LogP contribution in [-0.4, -0.2) is 13.1 Å². The third kappa shape index (κ3) is 1.86. The second kappa shape index (κ2) is 3.85. The van der Waals surface area contributed by atoms with Crippen LogP contribution >= 0.6 is 0 Å². The first-order valence-corrected chi connectivity index (χ1v) is 4.98. The van der Waals surface area contributed by atoms with Crippen LogP contribution < -0.4 is 5.32 Å². The van der Waals surface area contributed by atoms with Crippen molar-refractivity contribution in [3.8, 4) is 0 Å². The van der Waals surface area contributed by atoms with Crippen molar-refractivity contribution in [1.82, 2.24) is 5.32 Å². The van der Waals surface area contributed by atoms with Crippen molar-refractivity contribution in [2.45, 2.75) is 18.5 Å². The van der Waals surface area contributed by atoms with Crippen molar-refractivity contribution in [3.05, 3.63) is 35.4 Å². The van der Waals surface area contributed by atoms with Gasteiger partial charge in [0.2, 0.25) is 0 Å². The summed E-state index contributed by atoms with van der Waals surface area (Å²) in [5, 5.41) is 2.99. The van der Waals surface area contributed by atoms with Gasteiger partial charge in [-0.15, -0.1) is 0 Å².